The molecule has 8 nitrogen and oxygen atoms in total. The molecule has 0 unspecified atom stereocenters. The number of amides is 3. The summed E-state index contributed by atoms with van der Waals surface area (Å²) in [5.41, 5.74) is 10.6. The molecule has 36 heavy (non-hydrogen) atoms. The van der Waals surface area contributed by atoms with Gasteiger partial charge in [-0.2, -0.15) is 0 Å². The molecular weight excluding hydrogens is 456 g/mol. The van der Waals surface area contributed by atoms with Crippen molar-refractivity contribution in [1.29, 1.82) is 0 Å². The van der Waals surface area contributed by atoms with Crippen LogP contribution in [0.15, 0.2) is 48.5 Å². The largest absolute Gasteiger partial charge is 0.449 e. The minimum atomic E-state index is -0.728. The molecule has 0 fully saturated rings. The van der Waals surface area contributed by atoms with E-state index in [0.717, 1.165) is 11.1 Å². The van der Waals surface area contributed by atoms with Crippen molar-refractivity contribution < 1.29 is 19.1 Å². The highest BCUT2D eigenvalue weighted by Crippen LogP contribution is 2.44. The van der Waals surface area contributed by atoms with E-state index in [1.165, 1.54) is 11.1 Å². The van der Waals surface area contributed by atoms with Crippen molar-refractivity contribution in [2.45, 2.75) is 64.6 Å². The van der Waals surface area contributed by atoms with Crippen molar-refractivity contribution >= 4 is 17.9 Å². The zero-order chi connectivity index (χ0) is 26.2. The van der Waals surface area contributed by atoms with Crippen molar-refractivity contribution in [2.75, 3.05) is 13.2 Å². The molecule has 0 saturated carbocycles. The molecule has 8 heteroatoms. The monoisotopic (exact) mass is 494 g/mol. The summed E-state index contributed by atoms with van der Waals surface area (Å²) in [6.45, 7) is 7.97. The van der Waals surface area contributed by atoms with Gasteiger partial charge in [0.15, 0.2) is 0 Å². The molecule has 194 valence electrons. The van der Waals surface area contributed by atoms with Gasteiger partial charge in [-0.3, -0.25) is 9.59 Å². The average Bonchev–Trinajstić information content (AvgIpc) is 3.17. The summed E-state index contributed by atoms with van der Waals surface area (Å²) in [5.74, 6) is -0.685. The molecule has 0 bridgehead atoms. The van der Waals surface area contributed by atoms with Crippen molar-refractivity contribution in [2.24, 2.45) is 11.7 Å². The van der Waals surface area contributed by atoms with Crippen molar-refractivity contribution in [3.05, 3.63) is 59.7 Å². The third kappa shape index (κ3) is 6.85. The first-order chi connectivity index (χ1) is 17.2. The highest BCUT2D eigenvalue weighted by molar-refractivity contribution is 5.89. The van der Waals surface area contributed by atoms with Gasteiger partial charge in [-0.1, -0.05) is 62.4 Å². The van der Waals surface area contributed by atoms with Crippen LogP contribution in [0, 0.1) is 5.92 Å². The number of fused-ring (bicyclic) bond motifs is 3. The Morgan fingerprint density at radius 3 is 2.03 bits per heavy atom. The minimum Gasteiger partial charge on any atom is -0.449 e. The quantitative estimate of drug-likeness (QED) is 0.357. The van der Waals surface area contributed by atoms with E-state index in [9.17, 15) is 14.4 Å². The van der Waals surface area contributed by atoms with Gasteiger partial charge >= 0.3 is 6.09 Å². The summed E-state index contributed by atoms with van der Waals surface area (Å²) in [6, 6.07) is 14.9. The lowest BCUT2D eigenvalue weighted by molar-refractivity contribution is -0.130. The van der Waals surface area contributed by atoms with E-state index in [1.807, 2.05) is 52.0 Å². The molecule has 0 spiro atoms. The number of benzene rings is 2. The number of alkyl carbamates (subject to hydrolysis) is 1. The molecule has 2 atom stereocenters. The number of rotatable bonds is 11. The maximum Gasteiger partial charge on any atom is 0.407 e. The average molecular weight is 495 g/mol. The van der Waals surface area contributed by atoms with Gasteiger partial charge < -0.3 is 26.4 Å². The second-order valence-electron chi connectivity index (χ2n) is 9.89. The van der Waals surface area contributed by atoms with E-state index >= 15 is 0 Å². The molecule has 2 aromatic carbocycles. The molecule has 0 aliphatic heterocycles. The molecule has 3 amide bonds. The molecule has 0 aromatic heterocycles. The molecule has 0 radical (unpaired) electrons. The molecule has 2 aromatic rings. The Balaban J connectivity index is 1.49. The van der Waals surface area contributed by atoms with Crippen LogP contribution >= 0.6 is 0 Å². The molecule has 3 rings (SSSR count). The smallest absolute Gasteiger partial charge is 0.407 e. The van der Waals surface area contributed by atoms with Crippen LogP contribution < -0.4 is 21.7 Å². The fourth-order valence-corrected chi connectivity index (χ4v) is 4.37. The Morgan fingerprint density at radius 1 is 0.889 bits per heavy atom. The third-order valence-corrected chi connectivity index (χ3v) is 6.37. The second-order valence-corrected chi connectivity index (χ2v) is 9.89. The van der Waals surface area contributed by atoms with Crippen molar-refractivity contribution in [3.8, 4) is 11.1 Å². The maximum absolute atomic E-state index is 12.6. The highest BCUT2D eigenvalue weighted by atomic mass is 16.5. The number of nitrogens with one attached hydrogen (secondary N) is 3. The SMILES string of the molecule is CC(C)NC(=O)[C@H](CCCNC(=O)OCC1c2ccccc2-c2ccccc21)NC(=O)[C@@H](N)C(C)C. The summed E-state index contributed by atoms with van der Waals surface area (Å²) in [6.07, 6.45) is 0.335. The Kier molecular flexibility index (Phi) is 9.47. The van der Waals surface area contributed by atoms with Crippen LogP contribution in [0.1, 0.15) is 57.6 Å². The first kappa shape index (κ1) is 27.2. The summed E-state index contributed by atoms with van der Waals surface area (Å²) in [5, 5.41) is 8.33. The predicted molar refractivity (Wildman–Crippen MR) is 140 cm³/mol. The normalized spacial score (nSPS) is 14.1. The Bertz CT molecular complexity index is 1020. The van der Waals surface area contributed by atoms with E-state index in [2.05, 4.69) is 40.2 Å². The lowest BCUT2D eigenvalue weighted by atomic mass is 9.98. The fourth-order valence-electron chi connectivity index (χ4n) is 4.37. The van der Waals surface area contributed by atoms with E-state index < -0.39 is 18.2 Å². The van der Waals surface area contributed by atoms with Gasteiger partial charge in [0.1, 0.15) is 12.6 Å². The van der Waals surface area contributed by atoms with Crippen LogP contribution in [0.4, 0.5) is 4.79 Å². The predicted octanol–water partition coefficient (Wildman–Crippen LogP) is 3.30. The Labute approximate surface area is 213 Å². The third-order valence-electron chi connectivity index (χ3n) is 6.37. The topological polar surface area (TPSA) is 123 Å². The first-order valence-electron chi connectivity index (χ1n) is 12.6. The van der Waals surface area contributed by atoms with Crippen LogP contribution in [-0.2, 0) is 14.3 Å². The van der Waals surface area contributed by atoms with Crippen LogP contribution in [-0.4, -0.2) is 49.2 Å². The van der Waals surface area contributed by atoms with Gasteiger partial charge in [0, 0.05) is 18.5 Å². The highest BCUT2D eigenvalue weighted by Gasteiger charge is 2.29. The summed E-state index contributed by atoms with van der Waals surface area (Å²) < 4.78 is 5.55. The summed E-state index contributed by atoms with van der Waals surface area (Å²) >= 11 is 0. The van der Waals surface area contributed by atoms with Crippen LogP contribution in [0.3, 0.4) is 0 Å². The van der Waals surface area contributed by atoms with Gasteiger partial charge in [-0.25, -0.2) is 4.79 Å². The number of ether oxygens (including phenoxy) is 1. The van der Waals surface area contributed by atoms with Crippen LogP contribution in [0.2, 0.25) is 0 Å². The summed E-state index contributed by atoms with van der Waals surface area (Å²) in [7, 11) is 0. The van der Waals surface area contributed by atoms with E-state index in [1.54, 1.807) is 0 Å². The molecule has 0 heterocycles. The van der Waals surface area contributed by atoms with Gasteiger partial charge in [-0.15, -0.1) is 0 Å². The molecule has 1 aliphatic carbocycles. The van der Waals surface area contributed by atoms with E-state index in [4.69, 9.17) is 10.5 Å². The van der Waals surface area contributed by atoms with Crippen LogP contribution in [0.25, 0.3) is 11.1 Å². The lowest BCUT2D eigenvalue weighted by Crippen LogP contribution is -2.53. The standard InChI is InChI=1S/C28H38N4O4/c1-17(2)25(29)27(34)32-24(26(33)31-18(3)4)14-9-15-30-28(35)36-16-23-21-12-7-5-10-19(21)20-11-6-8-13-22(20)23/h5-8,10-13,17-18,23-25H,9,14-16,29H2,1-4H3,(H,30,35)(H,31,33)(H,32,34)/t24-,25-/m0/s1. The van der Waals surface area contributed by atoms with Gasteiger partial charge in [0.05, 0.1) is 6.04 Å². The second kappa shape index (κ2) is 12.5. The Morgan fingerprint density at radius 2 is 1.47 bits per heavy atom. The number of carbonyl (C=O) groups excluding carboxylic acids is 3. The van der Waals surface area contributed by atoms with Crippen molar-refractivity contribution in [3.63, 3.8) is 0 Å². The number of hydrogen-bond acceptors (Lipinski definition) is 5. The maximum atomic E-state index is 12.6. The van der Waals surface area contributed by atoms with Gasteiger partial charge in [-0.05, 0) is 54.9 Å². The van der Waals surface area contributed by atoms with Crippen molar-refractivity contribution in [1.82, 2.24) is 16.0 Å². The first-order valence-corrected chi connectivity index (χ1v) is 12.6. The van der Waals surface area contributed by atoms with E-state index in [-0.39, 0.29) is 36.3 Å². The zero-order valence-corrected chi connectivity index (χ0v) is 21.5. The zero-order valence-electron chi connectivity index (χ0n) is 21.5. The Hall–Kier alpha value is -3.39. The summed E-state index contributed by atoms with van der Waals surface area (Å²) in [4.78, 5) is 37.4. The van der Waals surface area contributed by atoms with Crippen LogP contribution in [0.5, 0.6) is 0 Å². The molecular formula is C28H38N4O4. The van der Waals surface area contributed by atoms with E-state index in [0.29, 0.717) is 19.4 Å². The van der Waals surface area contributed by atoms with Gasteiger partial charge in [0.2, 0.25) is 11.8 Å². The molecule has 5 N–H and O–H groups in total. The lowest BCUT2D eigenvalue weighted by Gasteiger charge is -2.23. The number of carbonyl (C=O) groups is 3. The number of hydrogen-bond donors (Lipinski definition) is 4. The minimum absolute atomic E-state index is 0.00682. The number of nitrogens with two attached hydrogens (primary N) is 1. The fraction of sp³-hybridized carbons (Fsp3) is 0.464. The molecule has 0 saturated heterocycles. The van der Waals surface area contributed by atoms with Gasteiger partial charge in [0.25, 0.3) is 0 Å². The molecule has 1 aliphatic rings.